The molecule has 0 amide bonds. The topological polar surface area (TPSA) is 40.9 Å². The molecule has 0 N–H and O–H groups in total. The van der Waals surface area contributed by atoms with Crippen molar-refractivity contribution in [3.05, 3.63) is 0 Å². The van der Waals surface area contributed by atoms with Crippen LogP contribution < -0.4 is 0 Å². The summed E-state index contributed by atoms with van der Waals surface area (Å²) in [7, 11) is 0. The standard InChI is InChI=1S/C11H17NO/c1-10(2,3)5-4-9(13)11(8-12)6-7-11/h4-7H2,1-3H3. The number of carbonyl (C=O) groups is 1. The van der Waals surface area contributed by atoms with Crippen LogP contribution in [0.4, 0.5) is 0 Å². The number of hydrogen-bond donors (Lipinski definition) is 0. The Kier molecular flexibility index (Phi) is 2.47. The quantitative estimate of drug-likeness (QED) is 0.668. The zero-order valence-corrected chi connectivity index (χ0v) is 8.68. The predicted molar refractivity (Wildman–Crippen MR) is 51.0 cm³/mol. The number of hydrogen-bond acceptors (Lipinski definition) is 2. The van der Waals surface area contributed by atoms with Gasteiger partial charge < -0.3 is 0 Å². The third-order valence-electron chi connectivity index (χ3n) is 2.60. The maximum Gasteiger partial charge on any atom is 0.153 e. The summed E-state index contributed by atoms with van der Waals surface area (Å²) in [5.74, 6) is 0.157. The molecule has 0 bridgehead atoms. The molecule has 0 aromatic rings. The van der Waals surface area contributed by atoms with E-state index in [0.29, 0.717) is 6.42 Å². The molecule has 0 aromatic carbocycles. The summed E-state index contributed by atoms with van der Waals surface area (Å²) in [6.07, 6.45) is 3.02. The van der Waals surface area contributed by atoms with Crippen LogP contribution in [0.1, 0.15) is 46.5 Å². The molecule has 1 saturated carbocycles. The molecule has 2 heteroatoms. The molecule has 0 saturated heterocycles. The zero-order valence-electron chi connectivity index (χ0n) is 8.68. The van der Waals surface area contributed by atoms with Gasteiger partial charge in [0.25, 0.3) is 0 Å². The number of ketones is 1. The van der Waals surface area contributed by atoms with E-state index in [1.165, 1.54) is 0 Å². The molecule has 0 radical (unpaired) electrons. The van der Waals surface area contributed by atoms with Crippen LogP contribution >= 0.6 is 0 Å². The van der Waals surface area contributed by atoms with Crippen molar-refractivity contribution < 1.29 is 4.79 Å². The van der Waals surface area contributed by atoms with Gasteiger partial charge in [-0.25, -0.2) is 0 Å². The van der Waals surface area contributed by atoms with E-state index in [4.69, 9.17) is 5.26 Å². The minimum absolute atomic E-state index is 0.157. The highest BCUT2D eigenvalue weighted by molar-refractivity contribution is 5.90. The highest BCUT2D eigenvalue weighted by Gasteiger charge is 2.49. The average Bonchev–Trinajstić information content (AvgIpc) is 2.79. The third kappa shape index (κ3) is 2.55. The molecule has 1 fully saturated rings. The number of nitriles is 1. The minimum Gasteiger partial charge on any atom is -0.298 e. The molecule has 72 valence electrons. The molecule has 0 aliphatic heterocycles. The van der Waals surface area contributed by atoms with E-state index in [0.717, 1.165) is 19.3 Å². The second kappa shape index (κ2) is 3.14. The Balaban J connectivity index is 2.40. The molecule has 13 heavy (non-hydrogen) atoms. The fraction of sp³-hybridized carbons (Fsp3) is 0.818. The van der Waals surface area contributed by atoms with Crippen molar-refractivity contribution >= 4 is 5.78 Å². The summed E-state index contributed by atoms with van der Waals surface area (Å²) in [6.45, 7) is 6.35. The van der Waals surface area contributed by atoms with Gasteiger partial charge >= 0.3 is 0 Å². The summed E-state index contributed by atoms with van der Waals surface area (Å²) >= 11 is 0. The second-order valence-electron chi connectivity index (χ2n) is 5.18. The van der Waals surface area contributed by atoms with Gasteiger partial charge in [0.15, 0.2) is 5.78 Å². The van der Waals surface area contributed by atoms with Crippen molar-refractivity contribution in [3.63, 3.8) is 0 Å². The Bertz CT molecular complexity index is 250. The van der Waals surface area contributed by atoms with Gasteiger partial charge in [0.1, 0.15) is 5.41 Å². The van der Waals surface area contributed by atoms with E-state index in [1.54, 1.807) is 0 Å². The molecule has 1 aliphatic carbocycles. The van der Waals surface area contributed by atoms with Crippen LogP contribution in [0.2, 0.25) is 0 Å². The van der Waals surface area contributed by atoms with Gasteiger partial charge in [-0.2, -0.15) is 5.26 Å². The lowest BCUT2D eigenvalue weighted by Gasteiger charge is -2.17. The Morgan fingerprint density at radius 2 is 2.00 bits per heavy atom. The lowest BCUT2D eigenvalue weighted by molar-refractivity contribution is -0.122. The first-order chi connectivity index (χ1) is 5.90. The van der Waals surface area contributed by atoms with Gasteiger partial charge in [-0.1, -0.05) is 20.8 Å². The summed E-state index contributed by atoms with van der Waals surface area (Å²) in [5, 5.41) is 8.79. The van der Waals surface area contributed by atoms with Crippen LogP contribution in [0.5, 0.6) is 0 Å². The van der Waals surface area contributed by atoms with Crippen LogP contribution in [0, 0.1) is 22.2 Å². The molecular weight excluding hydrogens is 162 g/mol. The van der Waals surface area contributed by atoms with Crippen LogP contribution in [-0.4, -0.2) is 5.78 Å². The molecular formula is C11H17NO. The Morgan fingerprint density at radius 1 is 1.46 bits per heavy atom. The fourth-order valence-electron chi connectivity index (χ4n) is 1.31. The first-order valence-corrected chi connectivity index (χ1v) is 4.84. The zero-order chi connectivity index (χ0) is 10.1. The molecule has 0 heterocycles. The number of rotatable bonds is 3. The monoisotopic (exact) mass is 179 g/mol. The first-order valence-electron chi connectivity index (χ1n) is 4.84. The number of nitrogens with zero attached hydrogens (tertiary/aromatic N) is 1. The Hall–Kier alpha value is -0.840. The van der Waals surface area contributed by atoms with Gasteiger partial charge in [0.2, 0.25) is 0 Å². The van der Waals surface area contributed by atoms with Crippen molar-refractivity contribution in [2.75, 3.05) is 0 Å². The maximum atomic E-state index is 11.6. The van der Waals surface area contributed by atoms with E-state index in [1.807, 2.05) is 0 Å². The van der Waals surface area contributed by atoms with Crippen LogP contribution in [0.25, 0.3) is 0 Å². The third-order valence-corrected chi connectivity index (χ3v) is 2.60. The van der Waals surface area contributed by atoms with E-state index < -0.39 is 5.41 Å². The van der Waals surface area contributed by atoms with Crippen molar-refractivity contribution in [1.82, 2.24) is 0 Å². The lowest BCUT2D eigenvalue weighted by atomic mass is 9.87. The fourth-order valence-corrected chi connectivity index (χ4v) is 1.31. The molecule has 0 aromatic heterocycles. The SMILES string of the molecule is CC(C)(C)CCC(=O)C1(C#N)CC1. The summed E-state index contributed by atoms with van der Waals surface area (Å²) in [5.41, 5.74) is -0.369. The normalized spacial score (nSPS) is 19.2. The molecule has 0 spiro atoms. The average molecular weight is 179 g/mol. The lowest BCUT2D eigenvalue weighted by Crippen LogP contribution is -2.16. The maximum absolute atomic E-state index is 11.6. The highest BCUT2D eigenvalue weighted by Crippen LogP contribution is 2.47. The van der Waals surface area contributed by atoms with Crippen LogP contribution in [0.15, 0.2) is 0 Å². The Morgan fingerprint density at radius 3 is 2.31 bits per heavy atom. The molecule has 0 atom stereocenters. The van der Waals surface area contributed by atoms with Crippen molar-refractivity contribution in [2.24, 2.45) is 10.8 Å². The van der Waals surface area contributed by atoms with Crippen molar-refractivity contribution in [1.29, 1.82) is 5.26 Å². The van der Waals surface area contributed by atoms with E-state index in [2.05, 4.69) is 26.8 Å². The molecule has 0 unspecified atom stereocenters. The van der Waals surface area contributed by atoms with Crippen molar-refractivity contribution in [3.8, 4) is 6.07 Å². The predicted octanol–water partition coefficient (Wildman–Crippen LogP) is 2.69. The van der Waals surface area contributed by atoms with Crippen LogP contribution in [-0.2, 0) is 4.79 Å². The summed E-state index contributed by atoms with van der Waals surface area (Å²) in [4.78, 5) is 11.6. The minimum atomic E-state index is -0.564. The largest absolute Gasteiger partial charge is 0.298 e. The van der Waals surface area contributed by atoms with Gasteiger partial charge in [-0.3, -0.25) is 4.79 Å². The van der Waals surface area contributed by atoms with Crippen LogP contribution in [0.3, 0.4) is 0 Å². The highest BCUT2D eigenvalue weighted by atomic mass is 16.1. The van der Waals surface area contributed by atoms with Gasteiger partial charge in [-0.05, 0) is 24.7 Å². The molecule has 2 nitrogen and oxygen atoms in total. The van der Waals surface area contributed by atoms with E-state index in [9.17, 15) is 4.79 Å². The van der Waals surface area contributed by atoms with Gasteiger partial charge in [0, 0.05) is 6.42 Å². The smallest absolute Gasteiger partial charge is 0.153 e. The molecule has 1 rings (SSSR count). The van der Waals surface area contributed by atoms with Crippen molar-refractivity contribution in [2.45, 2.75) is 46.5 Å². The summed E-state index contributed by atoms with van der Waals surface area (Å²) in [6, 6.07) is 2.14. The van der Waals surface area contributed by atoms with Gasteiger partial charge in [-0.15, -0.1) is 0 Å². The van der Waals surface area contributed by atoms with Gasteiger partial charge in [0.05, 0.1) is 6.07 Å². The first kappa shape index (κ1) is 10.2. The Labute approximate surface area is 79.9 Å². The van der Waals surface area contributed by atoms with E-state index >= 15 is 0 Å². The second-order valence-corrected chi connectivity index (χ2v) is 5.18. The molecule has 1 aliphatic rings. The summed E-state index contributed by atoms with van der Waals surface area (Å²) < 4.78 is 0. The number of Topliss-reactive ketones (excluding diaryl/α,β-unsaturated/α-hetero) is 1. The number of carbonyl (C=O) groups excluding carboxylic acids is 1. The van der Waals surface area contributed by atoms with E-state index in [-0.39, 0.29) is 11.2 Å².